The average Bonchev–Trinajstić information content (AvgIpc) is 2.96. The van der Waals surface area contributed by atoms with Crippen LogP contribution in [-0.2, 0) is 6.54 Å². The predicted molar refractivity (Wildman–Crippen MR) is 97.5 cm³/mol. The second-order valence-corrected chi connectivity index (χ2v) is 6.08. The SMILES string of the molecule is COc1ccc(-c2cc(C#N)c(O)c3c(C)c4n(c23)CCN=C4)cc1. The Morgan fingerprint density at radius 3 is 2.72 bits per heavy atom. The second kappa shape index (κ2) is 5.67. The maximum absolute atomic E-state index is 10.6. The number of phenolic OH excluding ortho intramolecular Hbond substituents is 1. The number of hydrogen-bond donors (Lipinski definition) is 1. The first-order valence-electron chi connectivity index (χ1n) is 8.08. The van der Waals surface area contributed by atoms with E-state index in [1.807, 2.05) is 37.4 Å². The number of nitrogens with zero attached hydrogens (tertiary/aromatic N) is 3. The molecule has 0 radical (unpaired) electrons. The lowest BCUT2D eigenvalue weighted by atomic mass is 9.97. The van der Waals surface area contributed by atoms with E-state index in [2.05, 4.69) is 15.6 Å². The van der Waals surface area contributed by atoms with Crippen molar-refractivity contribution in [3.05, 3.63) is 47.2 Å². The van der Waals surface area contributed by atoms with Crippen LogP contribution in [-0.4, -0.2) is 29.5 Å². The minimum absolute atomic E-state index is 0.0440. The average molecular weight is 331 g/mol. The summed E-state index contributed by atoms with van der Waals surface area (Å²) in [5.41, 5.74) is 5.06. The number of hydrogen-bond acceptors (Lipinski definition) is 4. The van der Waals surface area contributed by atoms with Crippen LogP contribution in [0.4, 0.5) is 0 Å². The quantitative estimate of drug-likeness (QED) is 0.779. The lowest BCUT2D eigenvalue weighted by Gasteiger charge is -2.14. The molecule has 124 valence electrons. The zero-order valence-electron chi connectivity index (χ0n) is 14.1. The molecular formula is C20H17N3O2. The standard InChI is InChI=1S/C20H17N3O2/c1-12-17-11-22-7-8-23(17)19-16(9-14(10-21)20(24)18(12)19)13-3-5-15(25-2)6-4-13/h3-6,9,11,24H,7-8H2,1-2H3. The number of aromatic hydroxyl groups is 1. The van der Waals surface area contributed by atoms with Gasteiger partial charge in [0.05, 0.1) is 30.4 Å². The van der Waals surface area contributed by atoms with Gasteiger partial charge in [0.2, 0.25) is 0 Å². The molecule has 0 saturated carbocycles. The minimum atomic E-state index is 0.0440. The van der Waals surface area contributed by atoms with Gasteiger partial charge in [-0.25, -0.2) is 0 Å². The van der Waals surface area contributed by atoms with Gasteiger partial charge in [0, 0.05) is 23.7 Å². The number of benzene rings is 2. The zero-order valence-corrected chi connectivity index (χ0v) is 14.1. The van der Waals surface area contributed by atoms with E-state index in [-0.39, 0.29) is 11.3 Å². The molecule has 0 bridgehead atoms. The molecule has 3 aromatic rings. The number of aliphatic imine (C=N–C) groups is 1. The number of fused-ring (bicyclic) bond motifs is 3. The third kappa shape index (κ3) is 2.18. The molecule has 0 spiro atoms. The molecule has 5 nitrogen and oxygen atoms in total. The Bertz CT molecular complexity index is 1050. The Hall–Kier alpha value is -3.26. The molecule has 2 aromatic carbocycles. The normalized spacial score (nSPS) is 12.8. The summed E-state index contributed by atoms with van der Waals surface area (Å²) in [6.45, 7) is 3.42. The van der Waals surface area contributed by atoms with Crippen LogP contribution in [0.25, 0.3) is 22.0 Å². The van der Waals surface area contributed by atoms with E-state index >= 15 is 0 Å². The molecule has 2 heterocycles. The number of rotatable bonds is 2. The molecule has 0 saturated heterocycles. The van der Waals surface area contributed by atoms with Crippen LogP contribution < -0.4 is 4.74 Å². The van der Waals surface area contributed by atoms with Gasteiger partial charge in [-0.15, -0.1) is 0 Å². The van der Waals surface area contributed by atoms with Gasteiger partial charge in [-0.1, -0.05) is 12.1 Å². The van der Waals surface area contributed by atoms with Crippen LogP contribution in [0.3, 0.4) is 0 Å². The van der Waals surface area contributed by atoms with Gasteiger partial charge in [0.15, 0.2) is 0 Å². The summed E-state index contributed by atoms with van der Waals surface area (Å²) in [4.78, 5) is 4.36. The monoisotopic (exact) mass is 331 g/mol. The van der Waals surface area contributed by atoms with Crippen LogP contribution in [0.15, 0.2) is 35.3 Å². The third-order valence-electron chi connectivity index (χ3n) is 4.78. The molecule has 1 aliphatic rings. The Morgan fingerprint density at radius 2 is 2.04 bits per heavy atom. The first-order valence-corrected chi connectivity index (χ1v) is 8.08. The molecule has 5 heteroatoms. The molecule has 0 atom stereocenters. The summed E-state index contributed by atoms with van der Waals surface area (Å²) in [5.74, 6) is 0.822. The third-order valence-corrected chi connectivity index (χ3v) is 4.78. The summed E-state index contributed by atoms with van der Waals surface area (Å²) in [6.07, 6.45) is 1.85. The van der Waals surface area contributed by atoms with Gasteiger partial charge in [0.1, 0.15) is 17.6 Å². The van der Waals surface area contributed by atoms with E-state index in [0.717, 1.165) is 45.6 Å². The summed E-state index contributed by atoms with van der Waals surface area (Å²) >= 11 is 0. The smallest absolute Gasteiger partial charge is 0.143 e. The number of phenols is 1. The Morgan fingerprint density at radius 1 is 1.28 bits per heavy atom. The number of methoxy groups -OCH3 is 1. The summed E-state index contributed by atoms with van der Waals surface area (Å²) in [7, 11) is 1.63. The van der Waals surface area contributed by atoms with Crippen LogP contribution in [0.5, 0.6) is 11.5 Å². The number of ether oxygens (including phenoxy) is 1. The van der Waals surface area contributed by atoms with Crippen molar-refractivity contribution in [1.82, 2.24) is 4.57 Å². The van der Waals surface area contributed by atoms with Gasteiger partial charge >= 0.3 is 0 Å². The Balaban J connectivity index is 2.11. The first-order chi connectivity index (χ1) is 12.2. The van der Waals surface area contributed by atoms with Crippen molar-refractivity contribution in [2.24, 2.45) is 4.99 Å². The summed E-state index contributed by atoms with van der Waals surface area (Å²) in [6, 6.07) is 11.6. The van der Waals surface area contributed by atoms with E-state index in [0.29, 0.717) is 6.54 Å². The fraction of sp³-hybridized carbons (Fsp3) is 0.200. The predicted octanol–water partition coefficient (Wildman–Crippen LogP) is 3.64. The van der Waals surface area contributed by atoms with Gasteiger partial charge < -0.3 is 14.4 Å². The first kappa shape index (κ1) is 15.3. The number of aryl methyl sites for hydroxylation is 1. The van der Waals surface area contributed by atoms with Crippen molar-refractivity contribution < 1.29 is 9.84 Å². The van der Waals surface area contributed by atoms with Crippen LogP contribution in [0, 0.1) is 18.3 Å². The molecular weight excluding hydrogens is 314 g/mol. The zero-order chi connectivity index (χ0) is 17.6. The van der Waals surface area contributed by atoms with Crippen molar-refractivity contribution in [3.63, 3.8) is 0 Å². The van der Waals surface area contributed by atoms with E-state index in [1.165, 1.54) is 0 Å². The second-order valence-electron chi connectivity index (χ2n) is 6.08. The molecule has 0 fully saturated rings. The molecule has 0 unspecified atom stereocenters. The Labute approximate surface area is 145 Å². The fourth-order valence-corrected chi connectivity index (χ4v) is 3.53. The summed E-state index contributed by atoms with van der Waals surface area (Å²) in [5, 5.41) is 20.8. The van der Waals surface area contributed by atoms with E-state index in [1.54, 1.807) is 13.2 Å². The highest BCUT2D eigenvalue weighted by atomic mass is 16.5. The highest BCUT2D eigenvalue weighted by Crippen LogP contribution is 2.41. The number of nitriles is 1. The fourth-order valence-electron chi connectivity index (χ4n) is 3.53. The van der Waals surface area contributed by atoms with Crippen molar-refractivity contribution in [2.75, 3.05) is 13.7 Å². The lowest BCUT2D eigenvalue weighted by Crippen LogP contribution is -2.11. The van der Waals surface area contributed by atoms with Gasteiger partial charge in [-0.2, -0.15) is 5.26 Å². The van der Waals surface area contributed by atoms with Crippen molar-refractivity contribution in [1.29, 1.82) is 5.26 Å². The highest BCUT2D eigenvalue weighted by molar-refractivity contribution is 6.06. The summed E-state index contributed by atoms with van der Waals surface area (Å²) < 4.78 is 7.41. The van der Waals surface area contributed by atoms with Crippen molar-refractivity contribution in [3.8, 4) is 28.7 Å². The molecule has 1 N–H and O–H groups in total. The molecule has 4 rings (SSSR count). The maximum atomic E-state index is 10.6. The van der Waals surface area contributed by atoms with E-state index in [9.17, 15) is 10.4 Å². The van der Waals surface area contributed by atoms with E-state index in [4.69, 9.17) is 4.74 Å². The highest BCUT2D eigenvalue weighted by Gasteiger charge is 2.23. The van der Waals surface area contributed by atoms with E-state index < -0.39 is 0 Å². The number of aromatic nitrogens is 1. The molecule has 1 aliphatic heterocycles. The Kier molecular flexibility index (Phi) is 3.47. The maximum Gasteiger partial charge on any atom is 0.143 e. The lowest BCUT2D eigenvalue weighted by molar-refractivity contribution is 0.415. The van der Waals surface area contributed by atoms with Gasteiger partial charge in [0.25, 0.3) is 0 Å². The largest absolute Gasteiger partial charge is 0.506 e. The van der Waals surface area contributed by atoms with Crippen LogP contribution >= 0.6 is 0 Å². The van der Waals surface area contributed by atoms with Crippen LogP contribution in [0.2, 0.25) is 0 Å². The molecule has 1 aromatic heterocycles. The molecule has 0 aliphatic carbocycles. The molecule has 25 heavy (non-hydrogen) atoms. The molecule has 0 amide bonds. The van der Waals surface area contributed by atoms with Crippen LogP contribution in [0.1, 0.15) is 16.8 Å². The minimum Gasteiger partial charge on any atom is -0.506 e. The van der Waals surface area contributed by atoms with Gasteiger partial charge in [-0.05, 0) is 36.2 Å². The van der Waals surface area contributed by atoms with Crippen molar-refractivity contribution in [2.45, 2.75) is 13.5 Å². The van der Waals surface area contributed by atoms with Crippen molar-refractivity contribution >= 4 is 17.1 Å². The topological polar surface area (TPSA) is 70.5 Å². The van der Waals surface area contributed by atoms with Gasteiger partial charge in [-0.3, -0.25) is 4.99 Å².